The van der Waals surface area contributed by atoms with Crippen LogP contribution in [-0.2, 0) is 5.41 Å². The highest BCUT2D eigenvalue weighted by Gasteiger charge is 2.42. The predicted octanol–water partition coefficient (Wildman–Crippen LogP) is 4.29. The van der Waals surface area contributed by atoms with E-state index in [0.717, 1.165) is 18.9 Å². The molecule has 1 aliphatic carbocycles. The van der Waals surface area contributed by atoms with Crippen LogP contribution < -0.4 is 10.1 Å². The Morgan fingerprint density at radius 3 is 2.48 bits per heavy atom. The lowest BCUT2D eigenvalue weighted by atomic mass is 9.75. The van der Waals surface area contributed by atoms with Gasteiger partial charge in [0.15, 0.2) is 0 Å². The third-order valence-corrected chi connectivity index (χ3v) is 5.50. The zero-order valence-electron chi connectivity index (χ0n) is 13.6. The molecule has 2 aromatic carbocycles. The van der Waals surface area contributed by atoms with E-state index in [1.165, 1.54) is 43.2 Å². The lowest BCUT2D eigenvalue weighted by molar-refractivity contribution is 0.269. The summed E-state index contributed by atoms with van der Waals surface area (Å²) in [5.74, 6) is 1.04. The van der Waals surface area contributed by atoms with Crippen LogP contribution in [0.3, 0.4) is 0 Å². The van der Waals surface area contributed by atoms with Gasteiger partial charge in [0, 0.05) is 18.2 Å². The highest BCUT2D eigenvalue weighted by atomic mass is 16.5. The summed E-state index contributed by atoms with van der Waals surface area (Å²) >= 11 is 0. The van der Waals surface area contributed by atoms with Gasteiger partial charge in [-0.3, -0.25) is 0 Å². The molecule has 1 unspecified atom stereocenters. The molecule has 0 amide bonds. The van der Waals surface area contributed by atoms with Crippen molar-refractivity contribution in [3.05, 3.63) is 65.7 Å². The summed E-state index contributed by atoms with van der Waals surface area (Å²) in [7, 11) is 0. The van der Waals surface area contributed by atoms with Gasteiger partial charge in [-0.25, -0.2) is 0 Å². The molecule has 1 atom stereocenters. The first-order valence-electron chi connectivity index (χ1n) is 8.90. The van der Waals surface area contributed by atoms with E-state index in [9.17, 15) is 0 Å². The highest BCUT2D eigenvalue weighted by Crippen LogP contribution is 2.43. The van der Waals surface area contributed by atoms with Gasteiger partial charge in [-0.1, -0.05) is 67.8 Å². The van der Waals surface area contributed by atoms with Crippen molar-refractivity contribution in [2.24, 2.45) is 0 Å². The van der Waals surface area contributed by atoms with Crippen molar-refractivity contribution >= 4 is 0 Å². The molecule has 2 aromatic rings. The molecule has 120 valence electrons. The Kier molecular flexibility index (Phi) is 4.09. The van der Waals surface area contributed by atoms with Gasteiger partial charge in [0.25, 0.3) is 0 Å². The third-order valence-electron chi connectivity index (χ3n) is 5.50. The fourth-order valence-electron chi connectivity index (χ4n) is 4.14. The van der Waals surface area contributed by atoms with E-state index in [2.05, 4.69) is 59.9 Å². The number of hydrogen-bond acceptors (Lipinski definition) is 2. The normalized spacial score (nSPS) is 24.2. The maximum atomic E-state index is 6.07. The molecule has 23 heavy (non-hydrogen) atoms. The monoisotopic (exact) mass is 307 g/mol. The van der Waals surface area contributed by atoms with Crippen LogP contribution >= 0.6 is 0 Å². The van der Waals surface area contributed by atoms with Gasteiger partial charge in [-0.15, -0.1) is 0 Å². The molecule has 2 nitrogen and oxygen atoms in total. The van der Waals surface area contributed by atoms with Crippen molar-refractivity contribution in [2.45, 2.75) is 43.6 Å². The molecular formula is C21H25NO. The summed E-state index contributed by atoms with van der Waals surface area (Å²) in [5.41, 5.74) is 2.62. The summed E-state index contributed by atoms with van der Waals surface area (Å²) in [5, 5.41) is 3.86. The first-order chi connectivity index (χ1) is 11.4. The minimum Gasteiger partial charge on any atom is -0.492 e. The van der Waals surface area contributed by atoms with Crippen LogP contribution in [0.25, 0.3) is 0 Å². The van der Waals surface area contributed by atoms with E-state index in [0.29, 0.717) is 6.04 Å². The molecule has 0 bridgehead atoms. The standard InChI is InChI=1S/C21H25NO/c1-3-9-17(10-4-1)21(15-22-18-11-5-2-6-12-18)16-23-20-14-8-7-13-19(20)21/h1,3-4,7-10,13-14,18,22H,2,5-6,11-12,15-16H2. The average molecular weight is 307 g/mol. The van der Waals surface area contributed by atoms with Crippen molar-refractivity contribution in [1.29, 1.82) is 0 Å². The molecule has 0 saturated heterocycles. The lowest BCUT2D eigenvalue weighted by Crippen LogP contribution is -2.45. The van der Waals surface area contributed by atoms with Crippen molar-refractivity contribution in [3.8, 4) is 5.75 Å². The number of ether oxygens (including phenoxy) is 1. The molecule has 2 aliphatic rings. The lowest BCUT2D eigenvalue weighted by Gasteiger charge is -2.32. The van der Waals surface area contributed by atoms with Crippen LogP contribution in [0.5, 0.6) is 5.75 Å². The van der Waals surface area contributed by atoms with E-state index in [-0.39, 0.29) is 5.41 Å². The Bertz CT molecular complexity index is 648. The molecular weight excluding hydrogens is 282 g/mol. The zero-order valence-corrected chi connectivity index (χ0v) is 13.6. The van der Waals surface area contributed by atoms with Crippen molar-refractivity contribution in [3.63, 3.8) is 0 Å². The second kappa shape index (κ2) is 6.37. The van der Waals surface area contributed by atoms with Crippen LogP contribution in [0.1, 0.15) is 43.2 Å². The number of rotatable bonds is 4. The van der Waals surface area contributed by atoms with E-state index in [1.807, 2.05) is 0 Å². The van der Waals surface area contributed by atoms with Gasteiger partial charge >= 0.3 is 0 Å². The quantitative estimate of drug-likeness (QED) is 0.910. The van der Waals surface area contributed by atoms with Crippen molar-refractivity contribution < 1.29 is 4.74 Å². The first-order valence-corrected chi connectivity index (χ1v) is 8.90. The van der Waals surface area contributed by atoms with Crippen LogP contribution in [0, 0.1) is 0 Å². The smallest absolute Gasteiger partial charge is 0.123 e. The number of benzene rings is 2. The van der Waals surface area contributed by atoms with Crippen LogP contribution in [0.15, 0.2) is 54.6 Å². The molecule has 0 spiro atoms. The first kappa shape index (κ1) is 14.8. The maximum Gasteiger partial charge on any atom is 0.123 e. The molecule has 1 fully saturated rings. The fraction of sp³-hybridized carbons (Fsp3) is 0.429. The van der Waals surface area contributed by atoms with Gasteiger partial charge in [-0.2, -0.15) is 0 Å². The Hall–Kier alpha value is -1.80. The Morgan fingerprint density at radius 2 is 1.65 bits per heavy atom. The van der Waals surface area contributed by atoms with Crippen molar-refractivity contribution in [2.75, 3.05) is 13.2 Å². The summed E-state index contributed by atoms with van der Waals surface area (Å²) in [6.07, 6.45) is 6.75. The molecule has 0 radical (unpaired) electrons. The summed E-state index contributed by atoms with van der Waals surface area (Å²) in [6, 6.07) is 20.0. The number of fused-ring (bicyclic) bond motifs is 1. The number of nitrogens with one attached hydrogen (secondary N) is 1. The minimum atomic E-state index is -0.0602. The Morgan fingerprint density at radius 1 is 0.913 bits per heavy atom. The van der Waals surface area contributed by atoms with Gasteiger partial charge in [-0.05, 0) is 24.5 Å². The Labute approximate surface area is 138 Å². The summed E-state index contributed by atoms with van der Waals surface area (Å²) < 4.78 is 6.07. The third kappa shape index (κ3) is 2.76. The largest absolute Gasteiger partial charge is 0.492 e. The van der Waals surface area contributed by atoms with Gasteiger partial charge in [0.05, 0.1) is 5.41 Å². The topological polar surface area (TPSA) is 21.3 Å². The zero-order chi connectivity index (χ0) is 15.5. The predicted molar refractivity (Wildman–Crippen MR) is 94.0 cm³/mol. The van der Waals surface area contributed by atoms with Crippen molar-refractivity contribution in [1.82, 2.24) is 5.32 Å². The second-order valence-electron chi connectivity index (χ2n) is 6.95. The summed E-state index contributed by atoms with van der Waals surface area (Å²) in [6.45, 7) is 1.69. The maximum absolute atomic E-state index is 6.07. The van der Waals surface area contributed by atoms with E-state index >= 15 is 0 Å². The van der Waals surface area contributed by atoms with Crippen LogP contribution in [0.4, 0.5) is 0 Å². The molecule has 1 saturated carbocycles. The number of para-hydroxylation sites is 1. The molecule has 0 aromatic heterocycles. The Balaban J connectivity index is 1.65. The average Bonchev–Trinajstić information content (AvgIpc) is 3.02. The molecule has 1 N–H and O–H groups in total. The minimum absolute atomic E-state index is 0.0602. The van der Waals surface area contributed by atoms with Gasteiger partial charge in [0.1, 0.15) is 12.4 Å². The SMILES string of the molecule is c1ccc(C2(CNC3CCCCC3)COc3ccccc32)cc1. The van der Waals surface area contributed by atoms with E-state index in [4.69, 9.17) is 4.74 Å². The van der Waals surface area contributed by atoms with Gasteiger partial charge in [0.2, 0.25) is 0 Å². The van der Waals surface area contributed by atoms with Crippen LogP contribution in [-0.4, -0.2) is 19.2 Å². The second-order valence-corrected chi connectivity index (χ2v) is 6.95. The van der Waals surface area contributed by atoms with E-state index in [1.54, 1.807) is 0 Å². The van der Waals surface area contributed by atoms with Gasteiger partial charge < -0.3 is 10.1 Å². The van der Waals surface area contributed by atoms with E-state index < -0.39 is 0 Å². The summed E-state index contributed by atoms with van der Waals surface area (Å²) in [4.78, 5) is 0. The number of hydrogen-bond donors (Lipinski definition) is 1. The molecule has 2 heteroatoms. The molecule has 4 rings (SSSR count). The highest BCUT2D eigenvalue weighted by molar-refractivity contribution is 5.51. The van der Waals surface area contributed by atoms with Crippen LogP contribution in [0.2, 0.25) is 0 Å². The fourth-order valence-corrected chi connectivity index (χ4v) is 4.14. The molecule has 1 aliphatic heterocycles. The molecule has 1 heterocycles.